The van der Waals surface area contributed by atoms with Crippen LogP contribution in [0.5, 0.6) is 0 Å². The maximum absolute atomic E-state index is 12.6. The highest BCUT2D eigenvalue weighted by Gasteiger charge is 2.29. The maximum atomic E-state index is 12.6. The maximum Gasteiger partial charge on any atom is 0.209 e. The molecule has 0 saturated carbocycles. The van der Waals surface area contributed by atoms with Gasteiger partial charge in [0.05, 0.1) is 4.90 Å². The van der Waals surface area contributed by atoms with E-state index in [4.69, 9.17) is 11.6 Å². The van der Waals surface area contributed by atoms with Gasteiger partial charge < -0.3 is 10.1 Å². The third kappa shape index (κ3) is 2.67. The number of H-pyrrole nitrogens is 1. The van der Waals surface area contributed by atoms with Gasteiger partial charge in [-0.2, -0.15) is 0 Å². The molecule has 0 amide bonds. The quantitative estimate of drug-likeness (QED) is 0.697. The lowest BCUT2D eigenvalue weighted by Gasteiger charge is -2.12. The van der Waals surface area contributed by atoms with Gasteiger partial charge in [-0.05, 0) is 42.5 Å². The highest BCUT2D eigenvalue weighted by molar-refractivity contribution is 9.10. The topological polar surface area (TPSA) is 70.2 Å². The van der Waals surface area contributed by atoms with Crippen molar-refractivity contribution in [2.24, 2.45) is 0 Å². The number of aliphatic hydroxyl groups excluding tert-OH is 1. The fraction of sp³-hybridized carbons (Fsp3) is 0.0667. The van der Waals surface area contributed by atoms with Gasteiger partial charge in [-0.3, -0.25) is 0 Å². The van der Waals surface area contributed by atoms with E-state index in [1.807, 2.05) is 0 Å². The number of aromatic amines is 1. The van der Waals surface area contributed by atoms with Crippen LogP contribution in [0, 0.1) is 0 Å². The van der Waals surface area contributed by atoms with Crippen LogP contribution in [0.25, 0.3) is 10.9 Å². The number of nitrogens with one attached hydrogen (secondary N) is 1. The fourth-order valence-corrected chi connectivity index (χ4v) is 3.98. The van der Waals surface area contributed by atoms with Crippen LogP contribution < -0.4 is 0 Å². The van der Waals surface area contributed by atoms with Crippen LogP contribution in [0.2, 0.25) is 5.02 Å². The second-order valence-electron chi connectivity index (χ2n) is 4.79. The van der Waals surface area contributed by atoms with Crippen LogP contribution in [-0.2, 0) is 9.84 Å². The van der Waals surface area contributed by atoms with Crippen molar-refractivity contribution in [3.05, 3.63) is 63.7 Å². The third-order valence-corrected chi connectivity index (χ3v) is 5.91. The van der Waals surface area contributed by atoms with Crippen LogP contribution in [0.15, 0.2) is 58.0 Å². The molecule has 3 aromatic rings. The number of halogens is 2. The van der Waals surface area contributed by atoms with E-state index in [1.165, 1.54) is 18.3 Å². The zero-order valence-corrected chi connectivity index (χ0v) is 14.3. The van der Waals surface area contributed by atoms with E-state index in [0.29, 0.717) is 15.9 Å². The molecule has 2 aromatic carbocycles. The van der Waals surface area contributed by atoms with Crippen LogP contribution >= 0.6 is 27.5 Å². The molecule has 0 aliphatic heterocycles. The van der Waals surface area contributed by atoms with Crippen molar-refractivity contribution in [1.29, 1.82) is 0 Å². The Morgan fingerprint density at radius 2 is 1.82 bits per heavy atom. The van der Waals surface area contributed by atoms with Gasteiger partial charge in [0.25, 0.3) is 0 Å². The molecule has 4 nitrogen and oxygen atoms in total. The van der Waals surface area contributed by atoms with Gasteiger partial charge in [0.1, 0.15) is 0 Å². The normalized spacial score (nSPS) is 13.4. The van der Waals surface area contributed by atoms with Gasteiger partial charge >= 0.3 is 0 Å². The second kappa shape index (κ2) is 5.70. The Labute approximate surface area is 140 Å². The molecule has 2 N–H and O–H groups in total. The van der Waals surface area contributed by atoms with Crippen molar-refractivity contribution in [2.45, 2.75) is 10.3 Å². The molecule has 0 radical (unpaired) electrons. The van der Waals surface area contributed by atoms with Crippen molar-refractivity contribution >= 4 is 48.3 Å². The van der Waals surface area contributed by atoms with E-state index in [2.05, 4.69) is 20.9 Å². The number of aliphatic hydroxyl groups is 1. The summed E-state index contributed by atoms with van der Waals surface area (Å²) in [5, 5.41) is 11.4. The molecule has 0 bridgehead atoms. The van der Waals surface area contributed by atoms with Gasteiger partial charge in [-0.15, -0.1) is 0 Å². The molecule has 0 saturated heterocycles. The lowest BCUT2D eigenvalue weighted by Crippen LogP contribution is -2.12. The second-order valence-corrected chi connectivity index (χ2v) is 8.15. The van der Waals surface area contributed by atoms with Gasteiger partial charge in [-0.1, -0.05) is 27.5 Å². The Bertz CT molecular complexity index is 935. The average Bonchev–Trinajstić information content (AvgIpc) is 2.89. The third-order valence-electron chi connectivity index (χ3n) is 3.38. The van der Waals surface area contributed by atoms with Gasteiger partial charge in [0.15, 0.2) is 5.44 Å². The standard InChI is InChI=1S/C15H11BrClNO3S/c16-9-1-4-11(5-2-9)22(20,21)15(19)13-8-18-14-6-3-10(17)7-12(13)14/h1-8,15,18-19H. The fourth-order valence-electron chi connectivity index (χ4n) is 2.24. The van der Waals surface area contributed by atoms with Crippen molar-refractivity contribution in [3.63, 3.8) is 0 Å². The first-order valence-corrected chi connectivity index (χ1v) is 9.05. The summed E-state index contributed by atoms with van der Waals surface area (Å²) in [4.78, 5) is 2.99. The van der Waals surface area contributed by atoms with Crippen LogP contribution in [0.1, 0.15) is 11.0 Å². The van der Waals surface area contributed by atoms with Crippen LogP contribution in [0.4, 0.5) is 0 Å². The number of rotatable bonds is 3. The first kappa shape index (κ1) is 15.6. The highest BCUT2D eigenvalue weighted by atomic mass is 79.9. The van der Waals surface area contributed by atoms with E-state index in [0.717, 1.165) is 4.47 Å². The number of hydrogen-bond donors (Lipinski definition) is 2. The number of benzene rings is 2. The van der Waals surface area contributed by atoms with E-state index in [-0.39, 0.29) is 10.5 Å². The summed E-state index contributed by atoms with van der Waals surface area (Å²) in [6.45, 7) is 0. The Morgan fingerprint density at radius 3 is 2.50 bits per heavy atom. The minimum absolute atomic E-state index is 0.0552. The van der Waals surface area contributed by atoms with E-state index >= 15 is 0 Å². The predicted octanol–water partition coefficient (Wildman–Crippen LogP) is 4.05. The van der Waals surface area contributed by atoms with E-state index < -0.39 is 15.3 Å². The lowest BCUT2D eigenvalue weighted by atomic mass is 10.2. The first-order valence-electron chi connectivity index (χ1n) is 6.33. The van der Waals surface area contributed by atoms with Gasteiger partial charge in [-0.25, -0.2) is 8.42 Å². The Morgan fingerprint density at radius 1 is 1.14 bits per heavy atom. The summed E-state index contributed by atoms with van der Waals surface area (Å²) >= 11 is 9.20. The molecule has 0 spiro atoms. The molecule has 0 aliphatic rings. The molecule has 3 rings (SSSR count). The summed E-state index contributed by atoms with van der Waals surface area (Å²) < 4.78 is 25.9. The number of fused-ring (bicyclic) bond motifs is 1. The van der Waals surface area contributed by atoms with Crippen LogP contribution in [-0.4, -0.2) is 18.5 Å². The van der Waals surface area contributed by atoms with Gasteiger partial charge in [0, 0.05) is 32.2 Å². The van der Waals surface area contributed by atoms with E-state index in [1.54, 1.807) is 30.3 Å². The molecule has 7 heteroatoms. The monoisotopic (exact) mass is 399 g/mol. The summed E-state index contributed by atoms with van der Waals surface area (Å²) in [6, 6.07) is 11.2. The predicted molar refractivity (Wildman–Crippen MR) is 89.6 cm³/mol. The summed E-state index contributed by atoms with van der Waals surface area (Å²) in [7, 11) is -3.91. The van der Waals surface area contributed by atoms with Crippen molar-refractivity contribution in [2.75, 3.05) is 0 Å². The van der Waals surface area contributed by atoms with Gasteiger partial charge in [0.2, 0.25) is 9.84 Å². The molecular weight excluding hydrogens is 390 g/mol. The van der Waals surface area contributed by atoms with Crippen molar-refractivity contribution in [1.82, 2.24) is 4.98 Å². The average molecular weight is 401 g/mol. The number of aromatic nitrogens is 1. The largest absolute Gasteiger partial charge is 0.373 e. The summed E-state index contributed by atoms with van der Waals surface area (Å²) in [5.74, 6) is 0. The SMILES string of the molecule is O=S(=O)(c1ccc(Br)cc1)C(O)c1c[nH]c2ccc(Cl)cc12. The highest BCUT2D eigenvalue weighted by Crippen LogP contribution is 2.33. The van der Waals surface area contributed by atoms with Crippen LogP contribution in [0.3, 0.4) is 0 Å². The molecule has 1 heterocycles. The van der Waals surface area contributed by atoms with Crippen molar-refractivity contribution < 1.29 is 13.5 Å². The zero-order chi connectivity index (χ0) is 15.9. The number of sulfone groups is 1. The smallest absolute Gasteiger partial charge is 0.209 e. The minimum Gasteiger partial charge on any atom is -0.373 e. The first-order chi connectivity index (χ1) is 10.4. The van der Waals surface area contributed by atoms with Crippen molar-refractivity contribution in [3.8, 4) is 0 Å². The summed E-state index contributed by atoms with van der Waals surface area (Å²) in [5.41, 5.74) is -0.675. The molecule has 1 atom stereocenters. The molecule has 22 heavy (non-hydrogen) atoms. The summed E-state index contributed by atoms with van der Waals surface area (Å²) in [6.07, 6.45) is 1.49. The van der Waals surface area contributed by atoms with E-state index in [9.17, 15) is 13.5 Å². The Balaban J connectivity index is 2.10. The zero-order valence-electron chi connectivity index (χ0n) is 11.1. The minimum atomic E-state index is -3.91. The molecular formula is C15H11BrClNO3S. The molecule has 1 aromatic heterocycles. The number of hydrogen-bond acceptors (Lipinski definition) is 3. The molecule has 1 unspecified atom stereocenters. The Hall–Kier alpha value is -1.34. The molecule has 114 valence electrons. The molecule has 0 aliphatic carbocycles. The lowest BCUT2D eigenvalue weighted by molar-refractivity contribution is 0.256. The molecule has 0 fully saturated rings. The Kier molecular flexibility index (Phi) is 4.03.